The van der Waals surface area contributed by atoms with Crippen LogP contribution in [0.4, 0.5) is 5.13 Å². The summed E-state index contributed by atoms with van der Waals surface area (Å²) in [6.45, 7) is 1.30. The van der Waals surface area contributed by atoms with E-state index in [1.165, 1.54) is 28.6 Å². The fourth-order valence-electron chi connectivity index (χ4n) is 3.92. The number of aromatic nitrogens is 1. The molecule has 0 spiro atoms. The zero-order chi connectivity index (χ0) is 25.8. The van der Waals surface area contributed by atoms with Gasteiger partial charge >= 0.3 is 0 Å². The molecule has 8 nitrogen and oxygen atoms in total. The van der Waals surface area contributed by atoms with Gasteiger partial charge in [0.25, 0.3) is 5.91 Å². The molecule has 1 fully saturated rings. The van der Waals surface area contributed by atoms with Crippen molar-refractivity contribution in [1.82, 2.24) is 9.29 Å². The average molecular weight is 534 g/mol. The van der Waals surface area contributed by atoms with Crippen molar-refractivity contribution < 1.29 is 22.7 Å². The van der Waals surface area contributed by atoms with E-state index < -0.39 is 15.9 Å². The van der Waals surface area contributed by atoms with E-state index in [4.69, 9.17) is 4.74 Å². The van der Waals surface area contributed by atoms with E-state index >= 15 is 0 Å². The van der Waals surface area contributed by atoms with Crippen molar-refractivity contribution in [2.75, 3.05) is 31.6 Å². The zero-order valence-corrected chi connectivity index (χ0v) is 21.3. The minimum absolute atomic E-state index is 0.113. The number of ketones is 1. The van der Waals surface area contributed by atoms with Crippen LogP contribution in [-0.2, 0) is 14.8 Å². The van der Waals surface area contributed by atoms with Gasteiger partial charge in [-0.3, -0.25) is 14.9 Å². The maximum absolute atomic E-state index is 13.3. The third kappa shape index (κ3) is 5.37. The Hall–Kier alpha value is -3.70. The van der Waals surface area contributed by atoms with E-state index in [1.807, 2.05) is 36.4 Å². The first kappa shape index (κ1) is 25.0. The highest BCUT2D eigenvalue weighted by molar-refractivity contribution is 7.89. The van der Waals surface area contributed by atoms with Gasteiger partial charge in [0, 0.05) is 29.8 Å². The van der Waals surface area contributed by atoms with Gasteiger partial charge in [-0.25, -0.2) is 13.4 Å². The first-order valence-electron chi connectivity index (χ1n) is 11.6. The standard InChI is InChI=1S/C27H23N3O5S2/c31-24(20-9-5-2-6-10-20)25-23(19-7-3-1-4-8-19)28-27(36-25)29-26(32)21-11-13-22(14-12-21)37(33,34)30-15-17-35-18-16-30/h1-14H,15-18H2,(H,28,29,32). The van der Waals surface area contributed by atoms with Crippen LogP contribution in [0.15, 0.2) is 89.8 Å². The van der Waals surface area contributed by atoms with E-state index in [0.29, 0.717) is 42.4 Å². The smallest absolute Gasteiger partial charge is 0.257 e. The second-order valence-corrected chi connectivity index (χ2v) is 11.2. The van der Waals surface area contributed by atoms with Gasteiger partial charge in [0.15, 0.2) is 5.13 Å². The minimum atomic E-state index is -3.66. The van der Waals surface area contributed by atoms with Crippen LogP contribution in [0.25, 0.3) is 11.3 Å². The molecule has 0 radical (unpaired) electrons. The van der Waals surface area contributed by atoms with E-state index in [2.05, 4.69) is 10.3 Å². The molecule has 1 N–H and O–H groups in total. The molecule has 1 saturated heterocycles. The monoisotopic (exact) mass is 533 g/mol. The first-order valence-corrected chi connectivity index (χ1v) is 13.8. The molecule has 10 heteroatoms. The summed E-state index contributed by atoms with van der Waals surface area (Å²) in [6.07, 6.45) is 0. The molecule has 1 aliphatic heterocycles. The average Bonchev–Trinajstić information content (AvgIpc) is 3.38. The Kier molecular flexibility index (Phi) is 7.24. The van der Waals surface area contributed by atoms with Crippen LogP contribution in [-0.4, -0.2) is 55.7 Å². The summed E-state index contributed by atoms with van der Waals surface area (Å²) in [5, 5.41) is 3.03. The Morgan fingerprint density at radius 2 is 1.46 bits per heavy atom. The lowest BCUT2D eigenvalue weighted by Gasteiger charge is -2.26. The van der Waals surface area contributed by atoms with E-state index in [0.717, 1.165) is 16.9 Å². The van der Waals surface area contributed by atoms with Crippen molar-refractivity contribution in [2.24, 2.45) is 0 Å². The summed E-state index contributed by atoms with van der Waals surface area (Å²) in [4.78, 5) is 31.3. The Morgan fingerprint density at radius 1 is 0.838 bits per heavy atom. The number of rotatable bonds is 7. The molecule has 0 aliphatic carbocycles. The number of benzene rings is 3. The molecule has 0 unspecified atom stereocenters. The molecule has 0 atom stereocenters. The van der Waals surface area contributed by atoms with Gasteiger partial charge in [0.05, 0.1) is 23.8 Å². The first-order chi connectivity index (χ1) is 17.9. The van der Waals surface area contributed by atoms with Crippen molar-refractivity contribution in [3.63, 3.8) is 0 Å². The number of hydrogen-bond donors (Lipinski definition) is 1. The van der Waals surface area contributed by atoms with E-state index in [1.54, 1.807) is 24.3 Å². The van der Waals surface area contributed by atoms with Crippen molar-refractivity contribution in [3.05, 3.63) is 101 Å². The molecule has 1 aliphatic rings. The molecule has 0 saturated carbocycles. The van der Waals surface area contributed by atoms with Crippen LogP contribution in [0, 0.1) is 0 Å². The topological polar surface area (TPSA) is 106 Å². The Bertz CT molecular complexity index is 1510. The SMILES string of the molecule is O=C(Nc1nc(-c2ccccc2)c(C(=O)c2ccccc2)s1)c1ccc(S(=O)(=O)N2CCOCC2)cc1. The fourth-order valence-corrected chi connectivity index (χ4v) is 6.28. The molecule has 3 aromatic carbocycles. The highest BCUT2D eigenvalue weighted by Gasteiger charge is 2.27. The highest BCUT2D eigenvalue weighted by atomic mass is 32.2. The number of hydrogen-bond acceptors (Lipinski definition) is 7. The maximum atomic E-state index is 13.3. The lowest BCUT2D eigenvalue weighted by molar-refractivity contribution is 0.0730. The van der Waals surface area contributed by atoms with Crippen LogP contribution in [0.2, 0.25) is 0 Å². The van der Waals surface area contributed by atoms with Crippen molar-refractivity contribution in [3.8, 4) is 11.3 Å². The van der Waals surface area contributed by atoms with Gasteiger partial charge in [-0.15, -0.1) is 0 Å². The number of anilines is 1. The Morgan fingerprint density at radius 3 is 2.11 bits per heavy atom. The van der Waals surface area contributed by atoms with Gasteiger partial charge in [-0.2, -0.15) is 4.31 Å². The third-order valence-corrected chi connectivity index (χ3v) is 8.74. The Balaban J connectivity index is 1.39. The predicted molar refractivity (Wildman–Crippen MR) is 141 cm³/mol. The predicted octanol–water partition coefficient (Wildman–Crippen LogP) is 4.31. The highest BCUT2D eigenvalue weighted by Crippen LogP contribution is 2.33. The number of nitrogens with one attached hydrogen (secondary N) is 1. The third-order valence-electron chi connectivity index (χ3n) is 5.86. The largest absolute Gasteiger partial charge is 0.379 e. The summed E-state index contributed by atoms with van der Waals surface area (Å²) in [5.41, 5.74) is 2.05. The molecular weight excluding hydrogens is 510 g/mol. The van der Waals surface area contributed by atoms with Crippen molar-refractivity contribution >= 4 is 38.2 Å². The summed E-state index contributed by atoms with van der Waals surface area (Å²) in [7, 11) is -3.66. The summed E-state index contributed by atoms with van der Waals surface area (Å²) in [6, 6.07) is 24.0. The van der Waals surface area contributed by atoms with Crippen LogP contribution in [0.5, 0.6) is 0 Å². The zero-order valence-electron chi connectivity index (χ0n) is 19.7. The molecule has 188 valence electrons. The number of nitrogens with zero attached hydrogens (tertiary/aromatic N) is 2. The summed E-state index contributed by atoms with van der Waals surface area (Å²) in [5.74, 6) is -0.641. The normalized spacial score (nSPS) is 14.3. The summed E-state index contributed by atoms with van der Waals surface area (Å²) >= 11 is 1.10. The van der Waals surface area contributed by atoms with Crippen LogP contribution >= 0.6 is 11.3 Å². The van der Waals surface area contributed by atoms with Crippen LogP contribution in [0.3, 0.4) is 0 Å². The van der Waals surface area contributed by atoms with E-state index in [-0.39, 0.29) is 21.4 Å². The van der Waals surface area contributed by atoms with Crippen molar-refractivity contribution in [2.45, 2.75) is 4.90 Å². The van der Waals surface area contributed by atoms with Crippen molar-refractivity contribution in [1.29, 1.82) is 0 Å². The number of amides is 1. The number of thiazole rings is 1. The van der Waals surface area contributed by atoms with Crippen LogP contribution in [0.1, 0.15) is 25.6 Å². The number of carbonyl (C=O) groups excluding carboxylic acids is 2. The minimum Gasteiger partial charge on any atom is -0.379 e. The molecule has 1 amide bonds. The molecule has 2 heterocycles. The van der Waals surface area contributed by atoms with Crippen LogP contribution < -0.4 is 5.32 Å². The van der Waals surface area contributed by atoms with Gasteiger partial charge < -0.3 is 4.74 Å². The second kappa shape index (κ2) is 10.7. The molecule has 4 aromatic rings. The summed E-state index contributed by atoms with van der Waals surface area (Å²) < 4.78 is 32.3. The number of ether oxygens (including phenoxy) is 1. The number of carbonyl (C=O) groups is 2. The maximum Gasteiger partial charge on any atom is 0.257 e. The molecule has 37 heavy (non-hydrogen) atoms. The van der Waals surface area contributed by atoms with Gasteiger partial charge in [0.1, 0.15) is 4.88 Å². The quantitative estimate of drug-likeness (QED) is 0.355. The lowest BCUT2D eigenvalue weighted by Crippen LogP contribution is -2.40. The molecular formula is C27H23N3O5S2. The van der Waals surface area contributed by atoms with Gasteiger partial charge in [0.2, 0.25) is 15.8 Å². The molecule has 1 aromatic heterocycles. The second-order valence-electron chi connectivity index (χ2n) is 8.25. The van der Waals surface area contributed by atoms with Gasteiger partial charge in [-0.05, 0) is 24.3 Å². The number of sulfonamides is 1. The van der Waals surface area contributed by atoms with Gasteiger partial charge in [-0.1, -0.05) is 72.0 Å². The van der Waals surface area contributed by atoms with E-state index in [9.17, 15) is 18.0 Å². The molecule has 0 bridgehead atoms. The fraction of sp³-hybridized carbons (Fsp3) is 0.148. The number of morpholine rings is 1. The Labute approximate surface area is 218 Å². The molecule has 5 rings (SSSR count). The lowest BCUT2D eigenvalue weighted by atomic mass is 10.1.